The van der Waals surface area contributed by atoms with Crippen molar-refractivity contribution in [3.05, 3.63) is 18.2 Å². The van der Waals surface area contributed by atoms with E-state index in [2.05, 4.69) is 10.6 Å². The summed E-state index contributed by atoms with van der Waals surface area (Å²) in [7, 11) is 3.13. The molecule has 2 unspecified atom stereocenters. The molecule has 2 atom stereocenters. The Balaban J connectivity index is 0.00000243. The van der Waals surface area contributed by atoms with Crippen molar-refractivity contribution < 1.29 is 19.1 Å². The Morgan fingerprint density at radius 3 is 2.77 bits per heavy atom. The summed E-state index contributed by atoms with van der Waals surface area (Å²) in [5, 5.41) is 6.35. The highest BCUT2D eigenvalue weighted by Gasteiger charge is 2.37. The van der Waals surface area contributed by atoms with Crippen molar-refractivity contribution in [1.82, 2.24) is 10.6 Å². The molecule has 2 heterocycles. The minimum atomic E-state index is -0.332. The highest BCUT2D eigenvalue weighted by molar-refractivity contribution is 6.01. The van der Waals surface area contributed by atoms with E-state index in [1.807, 2.05) is 0 Å². The molecule has 2 fully saturated rings. The van der Waals surface area contributed by atoms with Gasteiger partial charge >= 0.3 is 0 Å². The number of methoxy groups -OCH3 is 2. The Labute approximate surface area is 159 Å². The number of piperidine rings is 1. The summed E-state index contributed by atoms with van der Waals surface area (Å²) in [4.78, 5) is 26.6. The lowest BCUT2D eigenvalue weighted by Crippen LogP contribution is -2.47. The molecule has 8 heteroatoms. The fourth-order valence-electron chi connectivity index (χ4n) is 3.42. The molecule has 0 bridgehead atoms. The third-order valence-electron chi connectivity index (χ3n) is 4.82. The average molecular weight is 384 g/mol. The Bertz CT molecular complexity index is 649. The number of nitrogens with zero attached hydrogens (tertiary/aromatic N) is 1. The van der Waals surface area contributed by atoms with Gasteiger partial charge in [0.2, 0.25) is 11.8 Å². The first kappa shape index (κ1) is 20.3. The van der Waals surface area contributed by atoms with Crippen LogP contribution in [0, 0.1) is 5.92 Å². The lowest BCUT2D eigenvalue weighted by atomic mass is 10.0. The molecule has 1 aromatic rings. The van der Waals surface area contributed by atoms with Gasteiger partial charge in [-0.1, -0.05) is 0 Å². The second-order valence-corrected chi connectivity index (χ2v) is 6.50. The molecular weight excluding hydrogens is 358 g/mol. The maximum absolute atomic E-state index is 12.5. The number of anilines is 1. The van der Waals surface area contributed by atoms with Gasteiger partial charge < -0.3 is 25.0 Å². The fraction of sp³-hybridized carbons (Fsp3) is 0.556. The summed E-state index contributed by atoms with van der Waals surface area (Å²) in [6.07, 6.45) is 2.26. The number of halogens is 1. The van der Waals surface area contributed by atoms with Gasteiger partial charge in [0.25, 0.3) is 0 Å². The third-order valence-corrected chi connectivity index (χ3v) is 4.82. The van der Waals surface area contributed by atoms with Gasteiger partial charge in [0.1, 0.15) is 11.5 Å². The molecule has 1 aromatic carbocycles. The van der Waals surface area contributed by atoms with Crippen LogP contribution in [0.15, 0.2) is 18.2 Å². The summed E-state index contributed by atoms with van der Waals surface area (Å²) < 4.78 is 10.6. The van der Waals surface area contributed by atoms with Crippen LogP contribution in [-0.2, 0) is 9.59 Å². The number of nitrogens with one attached hydrogen (secondary N) is 2. The van der Waals surface area contributed by atoms with Gasteiger partial charge in [-0.25, -0.2) is 0 Å². The van der Waals surface area contributed by atoms with Gasteiger partial charge in [0.15, 0.2) is 0 Å². The monoisotopic (exact) mass is 383 g/mol. The van der Waals surface area contributed by atoms with Crippen LogP contribution >= 0.6 is 12.4 Å². The fourth-order valence-corrected chi connectivity index (χ4v) is 3.42. The van der Waals surface area contributed by atoms with Crippen molar-refractivity contribution in [2.75, 3.05) is 38.8 Å². The van der Waals surface area contributed by atoms with Gasteiger partial charge in [-0.2, -0.15) is 0 Å². The summed E-state index contributed by atoms with van der Waals surface area (Å²) in [5.41, 5.74) is 0.669. The summed E-state index contributed by atoms with van der Waals surface area (Å²) in [6, 6.07) is 5.47. The van der Waals surface area contributed by atoms with Gasteiger partial charge in [0, 0.05) is 31.6 Å². The Hall–Kier alpha value is -1.99. The summed E-state index contributed by atoms with van der Waals surface area (Å²) in [6.45, 7) is 2.16. The van der Waals surface area contributed by atoms with E-state index in [1.54, 1.807) is 37.3 Å². The number of benzene rings is 1. The molecule has 0 aliphatic carbocycles. The Kier molecular flexibility index (Phi) is 7.11. The number of hydrogen-bond acceptors (Lipinski definition) is 5. The van der Waals surface area contributed by atoms with Crippen LogP contribution in [0.1, 0.15) is 19.3 Å². The normalized spacial score (nSPS) is 22.5. The Morgan fingerprint density at radius 1 is 1.31 bits per heavy atom. The van der Waals surface area contributed by atoms with E-state index in [0.29, 0.717) is 23.7 Å². The highest BCUT2D eigenvalue weighted by atomic mass is 35.5. The van der Waals surface area contributed by atoms with E-state index >= 15 is 0 Å². The van der Waals surface area contributed by atoms with E-state index in [9.17, 15) is 9.59 Å². The molecule has 26 heavy (non-hydrogen) atoms. The van der Waals surface area contributed by atoms with Crippen LogP contribution < -0.4 is 25.0 Å². The smallest absolute Gasteiger partial charge is 0.227 e. The topological polar surface area (TPSA) is 79.9 Å². The van der Waals surface area contributed by atoms with Crippen LogP contribution in [0.2, 0.25) is 0 Å². The lowest BCUT2D eigenvalue weighted by molar-refractivity contribution is -0.127. The average Bonchev–Trinajstić information content (AvgIpc) is 3.03. The van der Waals surface area contributed by atoms with Gasteiger partial charge in [0.05, 0.1) is 25.8 Å². The number of rotatable bonds is 5. The molecule has 0 spiro atoms. The number of carbonyl (C=O) groups excluding carboxylic acids is 2. The SMILES string of the molecule is COc1ccc(N2CC(C(=O)NC3CCCNC3)CC2=O)c(OC)c1.Cl. The molecule has 7 nitrogen and oxygen atoms in total. The predicted octanol–water partition coefficient (Wildman–Crippen LogP) is 1.35. The molecule has 0 radical (unpaired) electrons. The van der Waals surface area contributed by atoms with Crippen LogP contribution in [0.5, 0.6) is 11.5 Å². The predicted molar refractivity (Wildman–Crippen MR) is 101 cm³/mol. The van der Waals surface area contributed by atoms with Crippen LogP contribution in [-0.4, -0.2) is 51.7 Å². The molecule has 0 aromatic heterocycles. The van der Waals surface area contributed by atoms with Crippen LogP contribution in [0.25, 0.3) is 0 Å². The van der Waals surface area contributed by atoms with E-state index < -0.39 is 0 Å². The zero-order valence-electron chi connectivity index (χ0n) is 15.1. The molecule has 2 saturated heterocycles. The largest absolute Gasteiger partial charge is 0.497 e. The maximum atomic E-state index is 12.5. The first-order valence-corrected chi connectivity index (χ1v) is 8.66. The number of amides is 2. The van der Waals surface area contributed by atoms with E-state index in [1.165, 1.54) is 0 Å². The highest BCUT2D eigenvalue weighted by Crippen LogP contribution is 2.35. The van der Waals surface area contributed by atoms with E-state index in [0.717, 1.165) is 25.9 Å². The standard InChI is InChI=1S/C18H25N3O4.ClH/c1-24-14-5-6-15(16(9-14)25-2)21-11-12(8-17(21)22)18(23)20-13-4-3-7-19-10-13;/h5-6,9,12-13,19H,3-4,7-8,10-11H2,1-2H3,(H,20,23);1H. The first-order chi connectivity index (χ1) is 12.1. The third kappa shape index (κ3) is 4.40. The number of hydrogen-bond donors (Lipinski definition) is 2. The lowest BCUT2D eigenvalue weighted by Gasteiger charge is -2.25. The summed E-state index contributed by atoms with van der Waals surface area (Å²) >= 11 is 0. The molecule has 2 amide bonds. The minimum absolute atomic E-state index is 0. The zero-order valence-corrected chi connectivity index (χ0v) is 15.9. The quantitative estimate of drug-likeness (QED) is 0.802. The maximum Gasteiger partial charge on any atom is 0.227 e. The molecule has 3 rings (SSSR count). The first-order valence-electron chi connectivity index (χ1n) is 8.66. The second kappa shape index (κ2) is 9.09. The molecule has 2 aliphatic heterocycles. The van der Waals surface area contributed by atoms with Crippen molar-refractivity contribution in [2.45, 2.75) is 25.3 Å². The number of carbonyl (C=O) groups is 2. The van der Waals surface area contributed by atoms with Crippen molar-refractivity contribution in [2.24, 2.45) is 5.92 Å². The molecule has 144 valence electrons. The zero-order chi connectivity index (χ0) is 17.8. The summed E-state index contributed by atoms with van der Waals surface area (Å²) in [5.74, 6) is 0.778. The number of ether oxygens (including phenoxy) is 2. The van der Waals surface area contributed by atoms with Crippen LogP contribution in [0.3, 0.4) is 0 Å². The molecule has 2 aliphatic rings. The van der Waals surface area contributed by atoms with Gasteiger partial charge in [-0.15, -0.1) is 12.4 Å². The molecular formula is C18H26ClN3O4. The van der Waals surface area contributed by atoms with Crippen molar-refractivity contribution >= 4 is 29.9 Å². The van der Waals surface area contributed by atoms with Gasteiger partial charge in [-0.3, -0.25) is 9.59 Å². The van der Waals surface area contributed by atoms with Crippen molar-refractivity contribution in [1.29, 1.82) is 0 Å². The minimum Gasteiger partial charge on any atom is -0.497 e. The van der Waals surface area contributed by atoms with E-state index in [-0.39, 0.29) is 42.6 Å². The van der Waals surface area contributed by atoms with Crippen LogP contribution in [0.4, 0.5) is 5.69 Å². The van der Waals surface area contributed by atoms with Gasteiger partial charge in [-0.05, 0) is 31.5 Å². The van der Waals surface area contributed by atoms with E-state index in [4.69, 9.17) is 9.47 Å². The van der Waals surface area contributed by atoms with Crippen molar-refractivity contribution in [3.63, 3.8) is 0 Å². The second-order valence-electron chi connectivity index (χ2n) is 6.50. The Morgan fingerprint density at radius 2 is 2.12 bits per heavy atom. The van der Waals surface area contributed by atoms with Crippen molar-refractivity contribution in [3.8, 4) is 11.5 Å². The molecule has 0 saturated carbocycles. The molecule has 2 N–H and O–H groups in total.